The van der Waals surface area contributed by atoms with E-state index < -0.39 is 17.7 Å². The van der Waals surface area contributed by atoms with Crippen molar-refractivity contribution in [3.05, 3.63) is 83.8 Å². The third-order valence-electron chi connectivity index (χ3n) is 4.59. The van der Waals surface area contributed by atoms with Crippen LogP contribution in [0.25, 0.3) is 0 Å². The van der Waals surface area contributed by atoms with Gasteiger partial charge in [0, 0.05) is 24.3 Å². The number of benzene rings is 2. The number of hydrogen-bond acceptors (Lipinski definition) is 5. The van der Waals surface area contributed by atoms with Gasteiger partial charge in [-0.15, -0.1) is 0 Å². The van der Waals surface area contributed by atoms with Crippen molar-refractivity contribution in [3.63, 3.8) is 0 Å². The SMILES string of the molecule is O=C(CCN1C(=O)c2ccccc2C1=O)Nc1cccc(NC(=O)c2ccco2)c1. The Labute approximate surface area is 171 Å². The molecule has 4 rings (SSSR count). The van der Waals surface area contributed by atoms with Crippen LogP contribution in [0.5, 0.6) is 0 Å². The van der Waals surface area contributed by atoms with E-state index in [1.165, 1.54) is 6.26 Å². The molecule has 0 spiro atoms. The normalized spacial score (nSPS) is 12.6. The predicted octanol–water partition coefficient (Wildman–Crippen LogP) is 3.16. The summed E-state index contributed by atoms with van der Waals surface area (Å²) >= 11 is 0. The van der Waals surface area contributed by atoms with Gasteiger partial charge in [0.25, 0.3) is 17.7 Å². The van der Waals surface area contributed by atoms with Gasteiger partial charge < -0.3 is 15.1 Å². The molecule has 8 heteroatoms. The molecular formula is C22H17N3O5. The van der Waals surface area contributed by atoms with Crippen molar-refractivity contribution in [2.45, 2.75) is 6.42 Å². The van der Waals surface area contributed by atoms with Crippen molar-refractivity contribution >= 4 is 35.0 Å². The maximum absolute atomic E-state index is 12.3. The Morgan fingerprint density at radius 2 is 1.50 bits per heavy atom. The molecule has 2 heterocycles. The number of rotatable bonds is 6. The quantitative estimate of drug-likeness (QED) is 0.615. The first-order valence-corrected chi connectivity index (χ1v) is 9.23. The van der Waals surface area contributed by atoms with Gasteiger partial charge >= 0.3 is 0 Å². The van der Waals surface area contributed by atoms with Crippen molar-refractivity contribution < 1.29 is 23.6 Å². The first kappa shape index (κ1) is 19.1. The molecule has 3 aromatic rings. The predicted molar refractivity (Wildman–Crippen MR) is 108 cm³/mol. The minimum atomic E-state index is -0.408. The second kappa shape index (κ2) is 8.04. The van der Waals surface area contributed by atoms with Gasteiger partial charge in [-0.25, -0.2) is 0 Å². The standard InChI is InChI=1S/C22H17N3O5/c26-19(10-11-25-21(28)16-7-1-2-8-17(16)22(25)29)23-14-5-3-6-15(13-14)24-20(27)18-9-4-12-30-18/h1-9,12-13H,10-11H2,(H,23,26)(H,24,27). The van der Waals surface area contributed by atoms with Crippen molar-refractivity contribution in [2.24, 2.45) is 0 Å². The Hall–Kier alpha value is -4.20. The third kappa shape index (κ3) is 3.83. The highest BCUT2D eigenvalue weighted by Crippen LogP contribution is 2.22. The van der Waals surface area contributed by atoms with Gasteiger partial charge in [0.05, 0.1) is 17.4 Å². The fraction of sp³-hybridized carbons (Fsp3) is 0.0909. The van der Waals surface area contributed by atoms with E-state index in [1.807, 2.05) is 0 Å². The van der Waals surface area contributed by atoms with Crippen LogP contribution in [0.2, 0.25) is 0 Å². The molecule has 0 fully saturated rings. The third-order valence-corrected chi connectivity index (χ3v) is 4.59. The molecule has 2 aromatic carbocycles. The Morgan fingerprint density at radius 3 is 2.13 bits per heavy atom. The first-order chi connectivity index (χ1) is 14.5. The van der Waals surface area contributed by atoms with Gasteiger partial charge in [0.1, 0.15) is 0 Å². The molecule has 4 amide bonds. The van der Waals surface area contributed by atoms with Crippen LogP contribution < -0.4 is 10.6 Å². The van der Waals surface area contributed by atoms with E-state index >= 15 is 0 Å². The number of nitrogens with one attached hydrogen (secondary N) is 2. The fourth-order valence-corrected chi connectivity index (χ4v) is 3.15. The molecule has 0 saturated heterocycles. The Bertz CT molecular complexity index is 1100. The highest BCUT2D eigenvalue weighted by molar-refractivity contribution is 6.21. The molecule has 150 valence electrons. The summed E-state index contributed by atoms with van der Waals surface area (Å²) in [6.07, 6.45) is 1.36. The minimum absolute atomic E-state index is 0.0207. The van der Waals surface area contributed by atoms with Gasteiger partial charge in [-0.05, 0) is 42.5 Å². The zero-order chi connectivity index (χ0) is 21.1. The second-order valence-corrected chi connectivity index (χ2v) is 6.62. The van der Waals surface area contributed by atoms with Gasteiger partial charge in [-0.3, -0.25) is 24.1 Å². The van der Waals surface area contributed by atoms with Crippen LogP contribution >= 0.6 is 0 Å². The molecule has 0 unspecified atom stereocenters. The number of carbonyl (C=O) groups is 4. The molecule has 1 aromatic heterocycles. The number of amides is 4. The summed E-state index contributed by atoms with van der Waals surface area (Å²) in [5.74, 6) is -1.39. The summed E-state index contributed by atoms with van der Waals surface area (Å²) in [5.41, 5.74) is 1.65. The van der Waals surface area contributed by atoms with Crippen LogP contribution in [0.3, 0.4) is 0 Å². The number of furan rings is 1. The summed E-state index contributed by atoms with van der Waals surface area (Å²) in [6, 6.07) is 16.3. The van der Waals surface area contributed by atoms with E-state index in [9.17, 15) is 19.2 Å². The van der Waals surface area contributed by atoms with Crippen LogP contribution in [-0.2, 0) is 4.79 Å². The maximum atomic E-state index is 12.3. The van der Waals surface area contributed by atoms with Crippen LogP contribution in [0.4, 0.5) is 11.4 Å². The summed E-state index contributed by atoms with van der Waals surface area (Å²) in [7, 11) is 0. The van der Waals surface area contributed by atoms with E-state index in [2.05, 4.69) is 10.6 Å². The lowest BCUT2D eigenvalue weighted by atomic mass is 10.1. The van der Waals surface area contributed by atoms with Crippen molar-refractivity contribution in [1.29, 1.82) is 0 Å². The van der Waals surface area contributed by atoms with E-state index in [0.717, 1.165) is 4.90 Å². The number of nitrogens with zero attached hydrogens (tertiary/aromatic N) is 1. The number of fused-ring (bicyclic) bond motifs is 1. The van der Waals surface area contributed by atoms with Crippen LogP contribution in [-0.4, -0.2) is 35.1 Å². The van der Waals surface area contributed by atoms with E-state index in [0.29, 0.717) is 22.5 Å². The van der Waals surface area contributed by atoms with Gasteiger partial charge in [-0.2, -0.15) is 0 Å². The number of hydrogen-bond donors (Lipinski definition) is 2. The fourth-order valence-electron chi connectivity index (χ4n) is 3.15. The summed E-state index contributed by atoms with van der Waals surface area (Å²) < 4.78 is 5.04. The Balaban J connectivity index is 1.34. The number of carbonyl (C=O) groups excluding carboxylic acids is 4. The zero-order valence-electron chi connectivity index (χ0n) is 15.8. The average molecular weight is 403 g/mol. The number of imide groups is 1. The molecule has 0 aliphatic carbocycles. The minimum Gasteiger partial charge on any atom is -0.459 e. The average Bonchev–Trinajstić information content (AvgIpc) is 3.36. The first-order valence-electron chi connectivity index (χ1n) is 9.23. The smallest absolute Gasteiger partial charge is 0.291 e. The highest BCUT2D eigenvalue weighted by Gasteiger charge is 2.34. The van der Waals surface area contributed by atoms with Crippen molar-refractivity contribution in [2.75, 3.05) is 17.2 Å². The van der Waals surface area contributed by atoms with Gasteiger partial charge in [0.2, 0.25) is 5.91 Å². The molecule has 0 bridgehead atoms. The molecule has 1 aliphatic heterocycles. The summed E-state index contributed by atoms with van der Waals surface area (Å²) in [4.78, 5) is 50.1. The summed E-state index contributed by atoms with van der Waals surface area (Å²) in [5, 5.41) is 5.38. The molecule has 0 atom stereocenters. The van der Waals surface area contributed by atoms with Crippen LogP contribution in [0.1, 0.15) is 37.7 Å². The Morgan fingerprint density at radius 1 is 0.833 bits per heavy atom. The largest absolute Gasteiger partial charge is 0.459 e. The molecule has 2 N–H and O–H groups in total. The molecule has 1 aliphatic rings. The van der Waals surface area contributed by atoms with E-state index in [1.54, 1.807) is 60.7 Å². The molecule has 8 nitrogen and oxygen atoms in total. The number of anilines is 2. The van der Waals surface area contributed by atoms with Gasteiger partial charge in [-0.1, -0.05) is 18.2 Å². The lowest BCUT2D eigenvalue weighted by Gasteiger charge is -2.14. The summed E-state index contributed by atoms with van der Waals surface area (Å²) in [6.45, 7) is -0.0207. The second-order valence-electron chi connectivity index (χ2n) is 6.62. The van der Waals surface area contributed by atoms with Crippen molar-refractivity contribution in [1.82, 2.24) is 4.90 Å². The Kier molecular flexibility index (Phi) is 5.13. The van der Waals surface area contributed by atoms with Crippen LogP contribution in [0, 0.1) is 0 Å². The lowest BCUT2D eigenvalue weighted by Crippen LogP contribution is -2.32. The zero-order valence-corrected chi connectivity index (χ0v) is 15.8. The maximum Gasteiger partial charge on any atom is 0.291 e. The van der Waals surface area contributed by atoms with E-state index in [4.69, 9.17) is 4.42 Å². The molecule has 0 radical (unpaired) electrons. The van der Waals surface area contributed by atoms with Gasteiger partial charge in [0.15, 0.2) is 5.76 Å². The van der Waals surface area contributed by atoms with E-state index in [-0.39, 0.29) is 24.6 Å². The molecule has 30 heavy (non-hydrogen) atoms. The topological polar surface area (TPSA) is 109 Å². The molecule has 0 saturated carbocycles. The monoisotopic (exact) mass is 403 g/mol. The van der Waals surface area contributed by atoms with Crippen molar-refractivity contribution in [3.8, 4) is 0 Å². The highest BCUT2D eigenvalue weighted by atomic mass is 16.3. The molecular weight excluding hydrogens is 386 g/mol. The van der Waals surface area contributed by atoms with Crippen LogP contribution in [0.15, 0.2) is 71.3 Å². The lowest BCUT2D eigenvalue weighted by molar-refractivity contribution is -0.116.